The van der Waals surface area contributed by atoms with Gasteiger partial charge in [0.05, 0.1) is 28.5 Å². The lowest BCUT2D eigenvalue weighted by molar-refractivity contribution is 0.102. The molecule has 1 amide bonds. The summed E-state index contributed by atoms with van der Waals surface area (Å²) in [6.45, 7) is 0. The van der Waals surface area contributed by atoms with Gasteiger partial charge in [-0.05, 0) is 24.3 Å². The maximum absolute atomic E-state index is 12.2. The molecule has 21 heavy (non-hydrogen) atoms. The van der Waals surface area contributed by atoms with E-state index in [-0.39, 0.29) is 16.6 Å². The van der Waals surface area contributed by atoms with Crippen LogP contribution in [-0.2, 0) is 0 Å². The number of halogens is 1. The van der Waals surface area contributed by atoms with Gasteiger partial charge in [-0.15, -0.1) is 0 Å². The predicted molar refractivity (Wildman–Crippen MR) is 81.2 cm³/mol. The summed E-state index contributed by atoms with van der Waals surface area (Å²) in [5.41, 5.74) is 8.23. The second-order valence-corrected chi connectivity index (χ2v) is 4.68. The van der Waals surface area contributed by atoms with Crippen LogP contribution in [0.25, 0.3) is 11.0 Å². The third kappa shape index (κ3) is 2.75. The van der Waals surface area contributed by atoms with Crippen molar-refractivity contribution in [2.24, 2.45) is 0 Å². The Morgan fingerprint density at radius 3 is 2.67 bits per heavy atom. The minimum atomic E-state index is -0.386. The van der Waals surface area contributed by atoms with E-state index >= 15 is 0 Å². The van der Waals surface area contributed by atoms with Gasteiger partial charge in [0.15, 0.2) is 0 Å². The Bertz CT molecular complexity index is 836. The Kier molecular flexibility index (Phi) is 3.37. The summed E-state index contributed by atoms with van der Waals surface area (Å²) in [5.74, 6) is -0.386. The van der Waals surface area contributed by atoms with Crippen LogP contribution < -0.4 is 11.1 Å². The van der Waals surface area contributed by atoms with Crippen molar-refractivity contribution in [3.8, 4) is 0 Å². The van der Waals surface area contributed by atoms with Gasteiger partial charge in [-0.1, -0.05) is 11.6 Å². The third-order valence-corrected chi connectivity index (χ3v) is 3.13. The van der Waals surface area contributed by atoms with Crippen LogP contribution in [0.2, 0.25) is 5.15 Å². The number of hydrogen-bond donors (Lipinski definition) is 2. The van der Waals surface area contributed by atoms with Gasteiger partial charge in [0.1, 0.15) is 5.15 Å². The lowest BCUT2D eigenvalue weighted by Gasteiger charge is -2.07. The van der Waals surface area contributed by atoms with Crippen molar-refractivity contribution in [1.82, 2.24) is 15.0 Å². The molecule has 1 aromatic carbocycles. The molecular formula is C14H10ClN5O. The van der Waals surface area contributed by atoms with Crippen molar-refractivity contribution in [2.75, 3.05) is 11.1 Å². The summed E-state index contributed by atoms with van der Waals surface area (Å²) in [6.07, 6.45) is 4.59. The molecule has 3 rings (SSSR count). The molecule has 2 aromatic heterocycles. The molecule has 0 saturated heterocycles. The lowest BCUT2D eigenvalue weighted by Crippen LogP contribution is -2.13. The zero-order valence-corrected chi connectivity index (χ0v) is 11.5. The number of benzene rings is 1. The number of aromatic nitrogens is 3. The van der Waals surface area contributed by atoms with Gasteiger partial charge in [0.25, 0.3) is 5.91 Å². The number of nitrogens with one attached hydrogen (secondary N) is 1. The fraction of sp³-hybridized carbons (Fsp3) is 0. The van der Waals surface area contributed by atoms with Gasteiger partial charge in [-0.2, -0.15) is 0 Å². The number of carbonyl (C=O) groups excluding carboxylic acids is 1. The predicted octanol–water partition coefficient (Wildman–Crippen LogP) is 2.51. The van der Waals surface area contributed by atoms with Crippen molar-refractivity contribution in [1.29, 1.82) is 0 Å². The smallest absolute Gasteiger partial charge is 0.258 e. The van der Waals surface area contributed by atoms with E-state index in [1.807, 2.05) is 0 Å². The minimum absolute atomic E-state index is 0.0993. The van der Waals surface area contributed by atoms with Crippen LogP contribution >= 0.6 is 11.6 Å². The fourth-order valence-corrected chi connectivity index (χ4v) is 2.05. The first-order chi connectivity index (χ1) is 10.1. The largest absolute Gasteiger partial charge is 0.397 e. The highest BCUT2D eigenvalue weighted by Gasteiger charge is 2.12. The van der Waals surface area contributed by atoms with E-state index in [2.05, 4.69) is 20.3 Å². The molecular weight excluding hydrogens is 290 g/mol. The van der Waals surface area contributed by atoms with Crippen LogP contribution in [0, 0.1) is 0 Å². The Morgan fingerprint density at radius 2 is 1.86 bits per heavy atom. The van der Waals surface area contributed by atoms with E-state index < -0.39 is 0 Å². The number of anilines is 2. The van der Waals surface area contributed by atoms with Crippen LogP contribution in [0.3, 0.4) is 0 Å². The van der Waals surface area contributed by atoms with Crippen molar-refractivity contribution in [3.05, 3.63) is 53.6 Å². The minimum Gasteiger partial charge on any atom is -0.397 e. The molecule has 3 aromatic rings. The molecule has 6 nitrogen and oxygen atoms in total. The van der Waals surface area contributed by atoms with Crippen LogP contribution in [-0.4, -0.2) is 20.9 Å². The highest BCUT2D eigenvalue weighted by atomic mass is 35.5. The van der Waals surface area contributed by atoms with E-state index in [4.69, 9.17) is 17.3 Å². The van der Waals surface area contributed by atoms with Crippen LogP contribution in [0.15, 0.2) is 42.9 Å². The zero-order valence-electron chi connectivity index (χ0n) is 10.7. The molecule has 0 aliphatic heterocycles. The summed E-state index contributed by atoms with van der Waals surface area (Å²) in [7, 11) is 0. The molecule has 0 unspecified atom stereocenters. The van der Waals surface area contributed by atoms with E-state index in [0.717, 1.165) is 5.52 Å². The molecule has 104 valence electrons. The molecule has 2 heterocycles. The maximum atomic E-state index is 12.2. The Balaban J connectivity index is 1.90. The molecule has 7 heteroatoms. The second-order valence-electron chi connectivity index (χ2n) is 4.32. The van der Waals surface area contributed by atoms with Crippen molar-refractivity contribution >= 4 is 39.9 Å². The molecule has 0 fully saturated rings. The summed E-state index contributed by atoms with van der Waals surface area (Å²) in [5, 5.41) is 2.83. The number of hydrogen-bond acceptors (Lipinski definition) is 5. The number of carbonyl (C=O) groups is 1. The summed E-state index contributed by atoms with van der Waals surface area (Å²) in [6, 6.07) is 6.72. The number of pyridine rings is 1. The molecule has 0 radical (unpaired) electrons. The van der Waals surface area contributed by atoms with Gasteiger partial charge in [-0.3, -0.25) is 14.8 Å². The number of nitrogens with zero attached hydrogens (tertiary/aromatic N) is 3. The highest BCUT2D eigenvalue weighted by Crippen LogP contribution is 2.19. The van der Waals surface area contributed by atoms with E-state index in [1.165, 1.54) is 12.3 Å². The maximum Gasteiger partial charge on any atom is 0.258 e. The van der Waals surface area contributed by atoms with Crippen LogP contribution in [0.4, 0.5) is 11.4 Å². The van der Waals surface area contributed by atoms with Crippen LogP contribution in [0.5, 0.6) is 0 Å². The van der Waals surface area contributed by atoms with Gasteiger partial charge >= 0.3 is 0 Å². The Hall–Kier alpha value is -2.73. The second kappa shape index (κ2) is 5.34. The Morgan fingerprint density at radius 1 is 1.10 bits per heavy atom. The molecule has 0 aliphatic carbocycles. The normalized spacial score (nSPS) is 10.5. The molecule has 0 saturated carbocycles. The van der Waals surface area contributed by atoms with Crippen LogP contribution in [0.1, 0.15) is 10.4 Å². The molecule has 0 atom stereocenters. The van der Waals surface area contributed by atoms with E-state index in [9.17, 15) is 4.79 Å². The number of fused-ring (bicyclic) bond motifs is 1. The third-order valence-electron chi connectivity index (χ3n) is 2.83. The number of rotatable bonds is 2. The number of amides is 1. The molecule has 0 bridgehead atoms. The average molecular weight is 300 g/mol. The molecule has 0 aliphatic rings. The Labute approximate surface area is 125 Å². The zero-order chi connectivity index (χ0) is 14.8. The molecule has 3 N–H and O–H groups in total. The number of nitrogens with two attached hydrogens (primary N) is 1. The summed E-state index contributed by atoms with van der Waals surface area (Å²) < 4.78 is 0. The van der Waals surface area contributed by atoms with Gasteiger partial charge in [0, 0.05) is 18.1 Å². The lowest BCUT2D eigenvalue weighted by atomic mass is 10.2. The first kappa shape index (κ1) is 13.3. The van der Waals surface area contributed by atoms with Crippen molar-refractivity contribution in [2.45, 2.75) is 0 Å². The van der Waals surface area contributed by atoms with Gasteiger partial charge in [-0.25, -0.2) is 4.98 Å². The fourth-order valence-electron chi connectivity index (χ4n) is 1.86. The van der Waals surface area contributed by atoms with Crippen molar-refractivity contribution in [3.63, 3.8) is 0 Å². The van der Waals surface area contributed by atoms with Gasteiger partial charge in [0.2, 0.25) is 0 Å². The average Bonchev–Trinajstić information content (AvgIpc) is 2.49. The monoisotopic (exact) mass is 299 g/mol. The first-order valence-electron chi connectivity index (χ1n) is 6.06. The van der Waals surface area contributed by atoms with E-state index in [1.54, 1.807) is 30.6 Å². The van der Waals surface area contributed by atoms with E-state index in [0.29, 0.717) is 16.9 Å². The quantitative estimate of drug-likeness (QED) is 0.709. The summed E-state index contributed by atoms with van der Waals surface area (Å²) in [4.78, 5) is 24.4. The molecule has 0 spiro atoms. The topological polar surface area (TPSA) is 93.8 Å². The van der Waals surface area contributed by atoms with Crippen molar-refractivity contribution < 1.29 is 4.79 Å². The SMILES string of the molecule is Nc1cnc(Cl)c(C(=O)Nc2ccc3nccnc3c2)c1. The first-order valence-corrected chi connectivity index (χ1v) is 6.44. The standard InChI is InChI=1S/C14H10ClN5O/c15-13-10(5-8(16)7-19-13)14(21)20-9-1-2-11-12(6-9)18-4-3-17-11/h1-7H,16H2,(H,20,21). The summed E-state index contributed by atoms with van der Waals surface area (Å²) >= 11 is 5.90. The number of nitrogen functional groups attached to an aromatic ring is 1. The van der Waals surface area contributed by atoms with Gasteiger partial charge < -0.3 is 11.1 Å². The highest BCUT2D eigenvalue weighted by molar-refractivity contribution is 6.33.